The van der Waals surface area contributed by atoms with E-state index >= 15 is 0 Å². The molecule has 2 aromatic rings. The van der Waals surface area contributed by atoms with Crippen molar-refractivity contribution in [2.45, 2.75) is 22.7 Å². The van der Waals surface area contributed by atoms with Crippen LogP contribution in [0.5, 0.6) is 5.75 Å². The summed E-state index contributed by atoms with van der Waals surface area (Å²) < 4.78 is 41.5. The van der Waals surface area contributed by atoms with Crippen LogP contribution in [0.15, 0.2) is 41.3 Å². The number of halogens is 4. The molecule has 2 amide bonds. The summed E-state index contributed by atoms with van der Waals surface area (Å²) in [5.74, 6) is -1.09. The highest BCUT2D eigenvalue weighted by atomic mass is 35.5. The molecule has 0 bridgehead atoms. The third kappa shape index (κ3) is 5.58. The van der Waals surface area contributed by atoms with E-state index < -0.39 is 23.9 Å². The summed E-state index contributed by atoms with van der Waals surface area (Å²) in [5.41, 5.74) is 0.610. The van der Waals surface area contributed by atoms with Gasteiger partial charge in [0.05, 0.1) is 16.5 Å². The summed E-state index contributed by atoms with van der Waals surface area (Å²) in [4.78, 5) is 25.4. The van der Waals surface area contributed by atoms with Crippen molar-refractivity contribution in [3.05, 3.63) is 47.0 Å². The molecule has 3 rings (SSSR count). The van der Waals surface area contributed by atoms with E-state index in [4.69, 9.17) is 16.9 Å². The summed E-state index contributed by atoms with van der Waals surface area (Å²) in [6.45, 7) is -1.53. The molecule has 1 heterocycles. The Labute approximate surface area is 178 Å². The molecule has 0 spiro atoms. The molecule has 1 aliphatic rings. The van der Waals surface area contributed by atoms with Crippen molar-refractivity contribution < 1.29 is 27.5 Å². The van der Waals surface area contributed by atoms with Gasteiger partial charge >= 0.3 is 6.18 Å². The van der Waals surface area contributed by atoms with Crippen LogP contribution in [0.25, 0.3) is 0 Å². The fourth-order valence-corrected chi connectivity index (χ4v) is 3.88. The predicted molar refractivity (Wildman–Crippen MR) is 106 cm³/mol. The van der Waals surface area contributed by atoms with Crippen LogP contribution >= 0.6 is 23.4 Å². The highest BCUT2D eigenvalue weighted by Gasteiger charge is 2.30. The second-order valence-electron chi connectivity index (χ2n) is 6.22. The van der Waals surface area contributed by atoms with E-state index in [2.05, 4.69) is 15.4 Å². The molecule has 11 heteroatoms. The molecule has 30 heavy (non-hydrogen) atoms. The minimum absolute atomic E-state index is 0.146. The first-order valence-corrected chi connectivity index (χ1v) is 9.71. The SMILES string of the molecule is N#Cc1cc(NC(=O)CC2Sc3ccc(Cl)cc3NC2=O)ccc1OCC(F)(F)F. The predicted octanol–water partition coefficient (Wildman–Crippen LogP) is 4.59. The van der Waals surface area contributed by atoms with E-state index in [-0.39, 0.29) is 29.3 Å². The number of amides is 2. The third-order valence-electron chi connectivity index (χ3n) is 3.91. The van der Waals surface area contributed by atoms with Gasteiger partial charge in [0.25, 0.3) is 0 Å². The quantitative estimate of drug-likeness (QED) is 0.687. The Balaban J connectivity index is 1.64. The van der Waals surface area contributed by atoms with Crippen molar-refractivity contribution >= 4 is 46.6 Å². The van der Waals surface area contributed by atoms with Crippen LogP contribution in [-0.4, -0.2) is 29.8 Å². The lowest BCUT2D eigenvalue weighted by Gasteiger charge is -2.23. The first-order valence-electron chi connectivity index (χ1n) is 8.45. The van der Waals surface area contributed by atoms with E-state index in [1.165, 1.54) is 30.0 Å². The van der Waals surface area contributed by atoms with Gasteiger partial charge in [-0.25, -0.2) is 0 Å². The lowest BCUT2D eigenvalue weighted by atomic mass is 10.2. The number of thioether (sulfide) groups is 1. The summed E-state index contributed by atoms with van der Waals surface area (Å²) in [5, 5.41) is 14.2. The first kappa shape index (κ1) is 21.8. The Hall–Kier alpha value is -2.90. The first-order chi connectivity index (χ1) is 14.1. The second kappa shape index (κ2) is 8.85. The molecular formula is C19H13ClF3N3O3S. The number of nitrogens with zero attached hydrogens (tertiary/aromatic N) is 1. The number of nitrogens with one attached hydrogen (secondary N) is 2. The van der Waals surface area contributed by atoms with Gasteiger partial charge in [-0.15, -0.1) is 11.8 Å². The average Bonchev–Trinajstić information content (AvgIpc) is 2.67. The standard InChI is InChI=1S/C19H13ClF3N3O3S/c20-11-1-4-15-13(6-11)26-18(28)16(30-15)7-17(27)25-12-2-3-14(10(5-12)8-24)29-9-19(21,22)23/h1-6,16H,7,9H2,(H,25,27)(H,26,28). The van der Waals surface area contributed by atoms with Gasteiger partial charge in [-0.05, 0) is 36.4 Å². The zero-order chi connectivity index (χ0) is 21.9. The molecule has 1 unspecified atom stereocenters. The Morgan fingerprint density at radius 2 is 2.07 bits per heavy atom. The fraction of sp³-hybridized carbons (Fsp3) is 0.211. The molecule has 0 saturated carbocycles. The van der Waals surface area contributed by atoms with Crippen LogP contribution in [0.4, 0.5) is 24.5 Å². The molecule has 2 aromatic carbocycles. The van der Waals surface area contributed by atoms with Gasteiger partial charge in [-0.1, -0.05) is 11.6 Å². The van der Waals surface area contributed by atoms with Gasteiger partial charge in [0.1, 0.15) is 11.8 Å². The largest absolute Gasteiger partial charge is 0.483 e. The minimum atomic E-state index is -4.54. The van der Waals surface area contributed by atoms with E-state index in [1.807, 2.05) is 0 Å². The van der Waals surface area contributed by atoms with Crippen LogP contribution in [0.2, 0.25) is 5.02 Å². The minimum Gasteiger partial charge on any atom is -0.483 e. The van der Waals surface area contributed by atoms with Crippen LogP contribution in [0.1, 0.15) is 12.0 Å². The number of carbonyl (C=O) groups is 2. The number of rotatable bonds is 5. The molecule has 0 aromatic heterocycles. The van der Waals surface area contributed by atoms with Crippen LogP contribution in [0, 0.1) is 11.3 Å². The van der Waals surface area contributed by atoms with Crippen molar-refractivity contribution in [3.63, 3.8) is 0 Å². The lowest BCUT2D eigenvalue weighted by Crippen LogP contribution is -2.32. The van der Waals surface area contributed by atoms with E-state index in [9.17, 15) is 22.8 Å². The molecule has 2 N–H and O–H groups in total. The second-order valence-corrected chi connectivity index (χ2v) is 7.90. The fourth-order valence-electron chi connectivity index (χ4n) is 2.62. The maximum atomic E-state index is 12.3. The van der Waals surface area contributed by atoms with Crippen molar-refractivity contribution in [3.8, 4) is 11.8 Å². The molecule has 156 valence electrons. The van der Waals surface area contributed by atoms with Gasteiger partial charge in [0, 0.05) is 22.0 Å². The topological polar surface area (TPSA) is 91.2 Å². The summed E-state index contributed by atoms with van der Waals surface area (Å²) in [7, 11) is 0. The van der Waals surface area contributed by atoms with Crippen molar-refractivity contribution in [2.75, 3.05) is 17.2 Å². The van der Waals surface area contributed by atoms with Crippen LogP contribution in [-0.2, 0) is 9.59 Å². The summed E-state index contributed by atoms with van der Waals surface area (Å²) >= 11 is 7.12. The van der Waals surface area contributed by atoms with E-state index in [1.54, 1.807) is 24.3 Å². The molecule has 0 fully saturated rings. The van der Waals surface area contributed by atoms with E-state index in [0.29, 0.717) is 10.7 Å². The lowest BCUT2D eigenvalue weighted by molar-refractivity contribution is -0.153. The molecule has 0 saturated heterocycles. The number of alkyl halides is 3. The number of hydrogen-bond donors (Lipinski definition) is 2. The van der Waals surface area contributed by atoms with Gasteiger partial charge in [0.2, 0.25) is 11.8 Å². The van der Waals surface area contributed by atoms with Crippen molar-refractivity contribution in [1.29, 1.82) is 5.26 Å². The third-order valence-corrected chi connectivity index (χ3v) is 5.42. The number of nitriles is 1. The number of ether oxygens (including phenoxy) is 1. The van der Waals surface area contributed by atoms with Gasteiger partial charge < -0.3 is 15.4 Å². The highest BCUT2D eigenvalue weighted by molar-refractivity contribution is 8.01. The molecule has 1 atom stereocenters. The van der Waals surface area contributed by atoms with Crippen molar-refractivity contribution in [1.82, 2.24) is 0 Å². The Bertz CT molecular complexity index is 1040. The van der Waals surface area contributed by atoms with E-state index in [0.717, 1.165) is 4.90 Å². The van der Waals surface area contributed by atoms with Gasteiger partial charge in [0.15, 0.2) is 6.61 Å². The Morgan fingerprint density at radius 1 is 1.30 bits per heavy atom. The Morgan fingerprint density at radius 3 is 2.77 bits per heavy atom. The number of carbonyl (C=O) groups excluding carboxylic acids is 2. The van der Waals surface area contributed by atoms with Crippen LogP contribution < -0.4 is 15.4 Å². The number of anilines is 2. The monoisotopic (exact) mass is 455 g/mol. The maximum absolute atomic E-state index is 12.3. The summed E-state index contributed by atoms with van der Waals surface area (Å²) in [6.07, 6.45) is -4.69. The molecule has 0 aliphatic carbocycles. The van der Waals surface area contributed by atoms with Gasteiger partial charge in [-0.3, -0.25) is 9.59 Å². The number of fused-ring (bicyclic) bond motifs is 1. The molecule has 1 aliphatic heterocycles. The number of benzene rings is 2. The normalized spacial score (nSPS) is 15.6. The molecular weight excluding hydrogens is 443 g/mol. The zero-order valence-electron chi connectivity index (χ0n) is 15.0. The summed E-state index contributed by atoms with van der Waals surface area (Å²) in [6, 6.07) is 10.4. The average molecular weight is 456 g/mol. The highest BCUT2D eigenvalue weighted by Crippen LogP contribution is 2.38. The maximum Gasteiger partial charge on any atom is 0.422 e. The smallest absolute Gasteiger partial charge is 0.422 e. The Kier molecular flexibility index (Phi) is 6.43. The number of hydrogen-bond acceptors (Lipinski definition) is 5. The molecule has 0 radical (unpaired) electrons. The zero-order valence-corrected chi connectivity index (χ0v) is 16.6. The van der Waals surface area contributed by atoms with Crippen molar-refractivity contribution in [2.24, 2.45) is 0 Å². The van der Waals surface area contributed by atoms with Crippen LogP contribution in [0.3, 0.4) is 0 Å². The van der Waals surface area contributed by atoms with Gasteiger partial charge in [-0.2, -0.15) is 18.4 Å². The molecule has 6 nitrogen and oxygen atoms in total.